The van der Waals surface area contributed by atoms with Crippen molar-refractivity contribution in [1.29, 1.82) is 0 Å². The summed E-state index contributed by atoms with van der Waals surface area (Å²) < 4.78 is 5.49. The topological polar surface area (TPSA) is 91.8 Å². The van der Waals surface area contributed by atoms with Crippen molar-refractivity contribution in [3.05, 3.63) is 70.3 Å². The smallest absolute Gasteiger partial charge is 0.412 e. The van der Waals surface area contributed by atoms with Crippen LogP contribution in [0.1, 0.15) is 45.1 Å². The standard InChI is InChI=1S/C28H33Cl2N3O4/c1-28(2,36)14-6-9-23(33(3)26(34)13-11-19-10-12-22(29)16-24(19)30)18-37-27(35)32-25-15-20-7-4-5-8-21(20)17-31-25/h4-5,7-8,10,12,15-17,23,36H,6,9,11,13-14,18H2,1-3H3,(H,31,32,35)/t23-/m0/s1. The van der Waals surface area contributed by atoms with Gasteiger partial charge in [-0.25, -0.2) is 9.78 Å². The largest absolute Gasteiger partial charge is 0.447 e. The van der Waals surface area contributed by atoms with E-state index in [1.165, 1.54) is 0 Å². The maximum Gasteiger partial charge on any atom is 0.412 e. The number of amides is 2. The van der Waals surface area contributed by atoms with Crippen LogP contribution in [-0.4, -0.2) is 52.3 Å². The lowest BCUT2D eigenvalue weighted by atomic mass is 9.99. The van der Waals surface area contributed by atoms with Crippen LogP contribution in [0.3, 0.4) is 0 Å². The second-order valence-electron chi connectivity index (χ2n) is 9.74. The number of hydrogen-bond donors (Lipinski definition) is 2. The number of carbonyl (C=O) groups is 2. The van der Waals surface area contributed by atoms with E-state index in [1.54, 1.807) is 50.2 Å². The molecule has 37 heavy (non-hydrogen) atoms. The van der Waals surface area contributed by atoms with Gasteiger partial charge in [-0.05, 0) is 68.7 Å². The van der Waals surface area contributed by atoms with E-state index in [-0.39, 0.29) is 25.0 Å². The van der Waals surface area contributed by atoms with Crippen LogP contribution < -0.4 is 5.32 Å². The summed E-state index contributed by atoms with van der Waals surface area (Å²) in [5, 5.41) is 15.7. The third-order valence-electron chi connectivity index (χ3n) is 6.16. The highest BCUT2D eigenvalue weighted by molar-refractivity contribution is 6.35. The number of likely N-dealkylation sites (N-methyl/N-ethyl adjacent to an activating group) is 1. The van der Waals surface area contributed by atoms with Crippen LogP contribution in [0.2, 0.25) is 10.0 Å². The molecule has 0 bridgehead atoms. The van der Waals surface area contributed by atoms with Gasteiger partial charge in [-0.3, -0.25) is 10.1 Å². The Bertz CT molecular complexity index is 1230. The first-order chi connectivity index (χ1) is 17.5. The molecule has 0 unspecified atom stereocenters. The van der Waals surface area contributed by atoms with Crippen molar-refractivity contribution in [3.63, 3.8) is 0 Å². The Labute approximate surface area is 227 Å². The molecule has 0 aliphatic carbocycles. The number of carbonyl (C=O) groups excluding carboxylic acids is 2. The van der Waals surface area contributed by atoms with Gasteiger partial charge in [-0.15, -0.1) is 0 Å². The zero-order chi connectivity index (χ0) is 27.0. The molecule has 1 atom stereocenters. The average Bonchev–Trinajstić information content (AvgIpc) is 2.84. The Hall–Kier alpha value is -2.87. The van der Waals surface area contributed by atoms with Crippen molar-refractivity contribution >= 4 is 51.8 Å². The van der Waals surface area contributed by atoms with Crippen molar-refractivity contribution in [2.75, 3.05) is 19.0 Å². The lowest BCUT2D eigenvalue weighted by molar-refractivity contribution is -0.133. The summed E-state index contributed by atoms with van der Waals surface area (Å²) in [6.07, 6.45) is 3.52. The minimum Gasteiger partial charge on any atom is -0.447 e. The predicted molar refractivity (Wildman–Crippen MR) is 148 cm³/mol. The number of halogens is 2. The minimum atomic E-state index is -0.821. The van der Waals surface area contributed by atoms with Gasteiger partial charge in [-0.1, -0.05) is 53.5 Å². The highest BCUT2D eigenvalue weighted by Gasteiger charge is 2.23. The van der Waals surface area contributed by atoms with Gasteiger partial charge >= 0.3 is 6.09 Å². The minimum absolute atomic E-state index is 0.00914. The molecule has 2 aromatic carbocycles. The molecule has 0 aliphatic rings. The molecule has 2 amide bonds. The van der Waals surface area contributed by atoms with E-state index in [4.69, 9.17) is 27.9 Å². The van der Waals surface area contributed by atoms with Gasteiger partial charge in [0.15, 0.2) is 0 Å². The number of aryl methyl sites for hydroxylation is 1. The average molecular weight is 546 g/mol. The molecule has 9 heteroatoms. The second-order valence-corrected chi connectivity index (χ2v) is 10.6. The van der Waals surface area contributed by atoms with Crippen LogP contribution in [0.15, 0.2) is 54.7 Å². The summed E-state index contributed by atoms with van der Waals surface area (Å²) in [5.74, 6) is 0.283. The molecule has 0 fully saturated rings. The fraction of sp³-hybridized carbons (Fsp3) is 0.393. The molecule has 3 rings (SSSR count). The summed E-state index contributed by atoms with van der Waals surface area (Å²) >= 11 is 12.2. The van der Waals surface area contributed by atoms with Crippen LogP contribution in [0, 0.1) is 0 Å². The van der Waals surface area contributed by atoms with Gasteiger partial charge in [0.2, 0.25) is 5.91 Å². The monoisotopic (exact) mass is 545 g/mol. The van der Waals surface area contributed by atoms with Crippen LogP contribution in [-0.2, 0) is 16.0 Å². The summed E-state index contributed by atoms with van der Waals surface area (Å²) in [6.45, 7) is 3.50. The van der Waals surface area contributed by atoms with Crippen molar-refractivity contribution in [1.82, 2.24) is 9.88 Å². The lowest BCUT2D eigenvalue weighted by Gasteiger charge is -2.29. The number of aromatic nitrogens is 1. The van der Waals surface area contributed by atoms with E-state index in [1.807, 2.05) is 30.3 Å². The molecule has 0 saturated heterocycles. The summed E-state index contributed by atoms with van der Waals surface area (Å²) in [7, 11) is 1.70. The maximum atomic E-state index is 13.0. The first-order valence-electron chi connectivity index (χ1n) is 12.2. The Morgan fingerprint density at radius 1 is 1.14 bits per heavy atom. The SMILES string of the molecule is CN(C(=O)CCc1ccc(Cl)cc1Cl)[C@@H](CCCC(C)(C)O)COC(=O)Nc1cc2ccccc2cn1. The van der Waals surface area contributed by atoms with Crippen molar-refractivity contribution in [2.45, 2.75) is 57.6 Å². The Kier molecular flexibility index (Phi) is 10.1. The fourth-order valence-corrected chi connectivity index (χ4v) is 4.47. The zero-order valence-corrected chi connectivity index (χ0v) is 22.9. The molecule has 7 nitrogen and oxygen atoms in total. The molecule has 0 radical (unpaired) electrons. The van der Waals surface area contributed by atoms with E-state index < -0.39 is 11.7 Å². The third kappa shape index (κ3) is 9.18. The number of fused-ring (bicyclic) bond motifs is 1. The van der Waals surface area contributed by atoms with Crippen molar-refractivity contribution in [2.24, 2.45) is 0 Å². The Morgan fingerprint density at radius 2 is 1.86 bits per heavy atom. The van der Waals surface area contributed by atoms with Gasteiger partial charge in [0.25, 0.3) is 0 Å². The molecular weight excluding hydrogens is 513 g/mol. The van der Waals surface area contributed by atoms with E-state index in [0.717, 1.165) is 16.3 Å². The highest BCUT2D eigenvalue weighted by atomic mass is 35.5. The number of nitrogens with zero attached hydrogens (tertiary/aromatic N) is 2. The van der Waals surface area contributed by atoms with Crippen LogP contribution in [0.5, 0.6) is 0 Å². The predicted octanol–water partition coefficient (Wildman–Crippen LogP) is 6.49. The summed E-state index contributed by atoms with van der Waals surface area (Å²) in [6, 6.07) is 14.3. The molecular formula is C28H33Cl2N3O4. The first-order valence-corrected chi connectivity index (χ1v) is 13.0. The van der Waals surface area contributed by atoms with Crippen molar-refractivity contribution < 1.29 is 19.4 Å². The number of nitrogens with one attached hydrogen (secondary N) is 1. The molecule has 198 valence electrons. The normalized spacial score (nSPS) is 12.3. The number of hydrogen-bond acceptors (Lipinski definition) is 5. The first kappa shape index (κ1) is 28.7. The van der Waals surface area contributed by atoms with E-state index >= 15 is 0 Å². The number of benzene rings is 2. The van der Waals surface area contributed by atoms with Crippen molar-refractivity contribution in [3.8, 4) is 0 Å². The van der Waals surface area contributed by atoms with Gasteiger partial charge in [0.05, 0.1) is 11.6 Å². The Morgan fingerprint density at radius 3 is 2.57 bits per heavy atom. The number of anilines is 1. The molecule has 0 spiro atoms. The van der Waals surface area contributed by atoms with Crippen LogP contribution in [0.25, 0.3) is 10.8 Å². The van der Waals surface area contributed by atoms with Gasteiger partial charge in [0, 0.05) is 35.1 Å². The molecule has 1 aromatic heterocycles. The van der Waals surface area contributed by atoms with Gasteiger partial charge < -0.3 is 14.7 Å². The number of pyridine rings is 1. The second kappa shape index (κ2) is 13.1. The van der Waals surface area contributed by atoms with Gasteiger partial charge in [0.1, 0.15) is 12.4 Å². The third-order valence-corrected chi connectivity index (χ3v) is 6.75. The fourth-order valence-electron chi connectivity index (χ4n) is 3.97. The molecule has 3 aromatic rings. The van der Waals surface area contributed by atoms with Crippen LogP contribution in [0.4, 0.5) is 10.6 Å². The zero-order valence-electron chi connectivity index (χ0n) is 21.3. The highest BCUT2D eigenvalue weighted by Crippen LogP contribution is 2.23. The quantitative estimate of drug-likeness (QED) is 0.287. The van der Waals surface area contributed by atoms with Crippen LogP contribution >= 0.6 is 23.2 Å². The van der Waals surface area contributed by atoms with E-state index in [9.17, 15) is 14.7 Å². The molecule has 0 saturated carbocycles. The molecule has 0 aliphatic heterocycles. The number of ether oxygens (including phenoxy) is 1. The van der Waals surface area contributed by atoms with E-state index in [2.05, 4.69) is 10.3 Å². The summed E-state index contributed by atoms with van der Waals surface area (Å²) in [4.78, 5) is 31.4. The number of aliphatic hydroxyl groups is 1. The maximum absolute atomic E-state index is 13.0. The van der Waals surface area contributed by atoms with E-state index in [0.29, 0.717) is 41.5 Å². The molecule has 2 N–H and O–H groups in total. The Balaban J connectivity index is 1.60. The van der Waals surface area contributed by atoms with Gasteiger partial charge in [-0.2, -0.15) is 0 Å². The molecule has 1 heterocycles. The number of rotatable bonds is 11. The summed E-state index contributed by atoms with van der Waals surface area (Å²) in [5.41, 5.74) is 0.0169. The lowest BCUT2D eigenvalue weighted by Crippen LogP contribution is -2.41.